The molecule has 1 aromatic carbocycles. The van der Waals surface area contributed by atoms with Gasteiger partial charge in [-0.2, -0.15) is 0 Å². The second kappa shape index (κ2) is 10.3. The molecular weight excluding hydrogens is 434 g/mol. The van der Waals surface area contributed by atoms with Crippen molar-refractivity contribution in [2.24, 2.45) is 5.73 Å². The number of nitrogens with one attached hydrogen (secondary N) is 1. The fraction of sp³-hybridized carbons (Fsp3) is 0.667. The molecule has 2 fully saturated rings. The molecule has 3 rings (SSSR count). The average Bonchev–Trinajstić information content (AvgIpc) is 2.78. The van der Waals surface area contributed by atoms with Crippen LogP contribution in [0.25, 0.3) is 0 Å². The average molecular weight is 461 g/mol. The zero-order valence-corrected chi connectivity index (χ0v) is 16.7. The van der Waals surface area contributed by atoms with E-state index in [9.17, 15) is 40.8 Å². The van der Waals surface area contributed by atoms with E-state index >= 15 is 0 Å². The Morgan fingerprint density at radius 3 is 2.31 bits per heavy atom. The molecule has 0 saturated carbocycles. The highest BCUT2D eigenvalue weighted by molar-refractivity contribution is 5.61. The molecule has 14 heteroatoms. The van der Waals surface area contributed by atoms with Gasteiger partial charge in [-0.05, 0) is 6.07 Å². The normalized spacial score (nSPS) is 40.1. The maximum absolute atomic E-state index is 11.3. The van der Waals surface area contributed by atoms with Crippen molar-refractivity contribution in [3.63, 3.8) is 0 Å². The van der Waals surface area contributed by atoms with Crippen LogP contribution in [0.4, 0.5) is 11.4 Å². The summed E-state index contributed by atoms with van der Waals surface area (Å²) in [6, 6.07) is 2.95. The molecule has 14 nitrogen and oxygen atoms in total. The van der Waals surface area contributed by atoms with E-state index in [0.717, 1.165) is 0 Å². The van der Waals surface area contributed by atoms with E-state index in [0.29, 0.717) is 0 Å². The molecule has 0 unspecified atom stereocenters. The van der Waals surface area contributed by atoms with E-state index < -0.39 is 79.4 Å². The van der Waals surface area contributed by atoms with Crippen molar-refractivity contribution in [1.82, 2.24) is 0 Å². The quantitative estimate of drug-likeness (QED) is 0.146. The van der Waals surface area contributed by atoms with Crippen molar-refractivity contribution in [2.45, 2.75) is 61.3 Å². The maximum atomic E-state index is 11.3. The lowest BCUT2D eigenvalue weighted by Crippen LogP contribution is -2.67. The number of aliphatic hydroxyl groups is 6. The number of nitrogens with zero attached hydrogens (tertiary/aromatic N) is 1. The van der Waals surface area contributed by atoms with Crippen LogP contribution < -0.4 is 11.1 Å². The third kappa shape index (κ3) is 4.84. The van der Waals surface area contributed by atoms with Gasteiger partial charge in [0.1, 0.15) is 48.4 Å². The van der Waals surface area contributed by atoms with E-state index in [1.807, 2.05) is 0 Å². The Morgan fingerprint density at radius 1 is 1.03 bits per heavy atom. The summed E-state index contributed by atoms with van der Waals surface area (Å²) in [5, 5.41) is 74.1. The second-order valence-corrected chi connectivity index (χ2v) is 7.57. The summed E-state index contributed by atoms with van der Waals surface area (Å²) in [7, 11) is 0. The molecule has 10 atom stereocenters. The fourth-order valence-corrected chi connectivity index (χ4v) is 3.72. The van der Waals surface area contributed by atoms with Gasteiger partial charge in [-0.1, -0.05) is 12.1 Å². The number of rotatable bonds is 7. The molecule has 32 heavy (non-hydrogen) atoms. The van der Waals surface area contributed by atoms with Gasteiger partial charge in [-0.3, -0.25) is 10.1 Å². The molecule has 2 aliphatic rings. The summed E-state index contributed by atoms with van der Waals surface area (Å²) in [6.07, 6.45) is -11.6. The molecule has 0 aromatic heterocycles. The van der Waals surface area contributed by atoms with Crippen LogP contribution in [0.2, 0.25) is 0 Å². The lowest BCUT2D eigenvalue weighted by Gasteiger charge is -2.46. The molecule has 2 aliphatic heterocycles. The van der Waals surface area contributed by atoms with Crippen LogP contribution in [0.15, 0.2) is 24.3 Å². The molecule has 1 aromatic rings. The van der Waals surface area contributed by atoms with Crippen LogP contribution >= 0.6 is 0 Å². The van der Waals surface area contributed by atoms with Crippen molar-refractivity contribution in [3.8, 4) is 0 Å². The Balaban J connectivity index is 1.81. The Hall–Kier alpha value is -1.98. The van der Waals surface area contributed by atoms with Gasteiger partial charge in [-0.15, -0.1) is 0 Å². The van der Waals surface area contributed by atoms with Gasteiger partial charge < -0.3 is 55.9 Å². The largest absolute Gasteiger partial charge is 0.394 e. The molecule has 0 amide bonds. The van der Waals surface area contributed by atoms with Gasteiger partial charge in [0.2, 0.25) is 0 Å². The van der Waals surface area contributed by atoms with Crippen molar-refractivity contribution >= 4 is 11.4 Å². The molecule has 0 aliphatic carbocycles. The number of aliphatic hydroxyl groups excluding tert-OH is 6. The third-order valence-corrected chi connectivity index (χ3v) is 5.51. The predicted octanol–water partition coefficient (Wildman–Crippen LogP) is -3.40. The van der Waals surface area contributed by atoms with Gasteiger partial charge in [0, 0.05) is 6.07 Å². The summed E-state index contributed by atoms with van der Waals surface area (Å²) < 4.78 is 16.3. The predicted molar refractivity (Wildman–Crippen MR) is 105 cm³/mol. The first-order valence-corrected chi connectivity index (χ1v) is 9.85. The molecule has 9 N–H and O–H groups in total. The van der Waals surface area contributed by atoms with E-state index in [2.05, 4.69) is 5.32 Å². The molecule has 0 bridgehead atoms. The minimum atomic E-state index is -1.68. The highest BCUT2D eigenvalue weighted by Crippen LogP contribution is 2.31. The van der Waals surface area contributed by atoms with Crippen LogP contribution in [0.3, 0.4) is 0 Å². The Bertz CT molecular complexity index is 784. The van der Waals surface area contributed by atoms with Crippen molar-refractivity contribution in [1.29, 1.82) is 0 Å². The minimum absolute atomic E-state index is 0.00472. The second-order valence-electron chi connectivity index (χ2n) is 7.57. The number of hydrogen-bond acceptors (Lipinski definition) is 13. The first kappa shape index (κ1) is 24.7. The number of hydrogen-bond donors (Lipinski definition) is 8. The number of nitrogens with two attached hydrogens (primary N) is 1. The molecule has 2 heterocycles. The molecule has 0 radical (unpaired) electrons. The molecular formula is C18H27N3O11. The zero-order chi connectivity index (χ0) is 23.6. The summed E-state index contributed by atoms with van der Waals surface area (Å²) >= 11 is 0. The lowest BCUT2D eigenvalue weighted by molar-refractivity contribution is -0.384. The number of ether oxygens (including phenoxy) is 3. The smallest absolute Gasteiger partial charge is 0.292 e. The zero-order valence-electron chi connectivity index (χ0n) is 16.7. The monoisotopic (exact) mass is 461 g/mol. The summed E-state index contributed by atoms with van der Waals surface area (Å²) in [4.78, 5) is 10.6. The lowest BCUT2D eigenvalue weighted by atomic mass is 9.95. The van der Waals surface area contributed by atoms with Crippen molar-refractivity contribution < 1.29 is 49.8 Å². The van der Waals surface area contributed by atoms with Gasteiger partial charge >= 0.3 is 0 Å². The van der Waals surface area contributed by atoms with Crippen LogP contribution in [0.5, 0.6) is 0 Å². The molecule has 0 spiro atoms. The highest BCUT2D eigenvalue weighted by Gasteiger charge is 2.50. The molecule has 180 valence electrons. The van der Waals surface area contributed by atoms with Gasteiger partial charge in [-0.25, -0.2) is 0 Å². The van der Waals surface area contributed by atoms with Gasteiger partial charge in [0.05, 0.1) is 24.2 Å². The number of para-hydroxylation sites is 2. The van der Waals surface area contributed by atoms with Crippen LogP contribution in [0.1, 0.15) is 0 Å². The van der Waals surface area contributed by atoms with E-state index in [-0.39, 0.29) is 11.4 Å². The SMILES string of the molecule is N[C@H]1[C@H](O[C@H]2[C@H](O)[C@@H](Nc3ccccc3[N+](=O)[O-])[C@H](O)O[C@@H]2CO)O[C@H](CO)[C@@H](O)[C@@H]1O. The van der Waals surface area contributed by atoms with Crippen LogP contribution in [-0.2, 0) is 14.2 Å². The first-order chi connectivity index (χ1) is 15.2. The van der Waals surface area contributed by atoms with Crippen molar-refractivity contribution in [3.05, 3.63) is 34.4 Å². The van der Waals surface area contributed by atoms with E-state index in [1.54, 1.807) is 0 Å². The fourth-order valence-electron chi connectivity index (χ4n) is 3.72. The topological polar surface area (TPSA) is 230 Å². The number of benzene rings is 1. The summed E-state index contributed by atoms with van der Waals surface area (Å²) in [5.41, 5.74) is 5.54. The van der Waals surface area contributed by atoms with Gasteiger partial charge in [0.15, 0.2) is 12.6 Å². The van der Waals surface area contributed by atoms with Crippen LogP contribution in [-0.4, -0.2) is 110 Å². The first-order valence-electron chi connectivity index (χ1n) is 9.85. The third-order valence-electron chi connectivity index (χ3n) is 5.51. The van der Waals surface area contributed by atoms with E-state index in [4.69, 9.17) is 19.9 Å². The standard InChI is InChI=1S/C18H27N3O11/c19-11-14(25)13(24)9(5-22)31-18(11)32-16-10(6-23)30-17(27)12(15(16)26)20-7-3-1-2-4-8(7)21(28)29/h1-4,9-18,20,22-27H,5-6,19H2/t9-,10-,11-,12-,13-,14-,15-,16-,17-,18+/m1/s1. The van der Waals surface area contributed by atoms with E-state index in [1.165, 1.54) is 24.3 Å². The van der Waals surface area contributed by atoms with Crippen molar-refractivity contribution in [2.75, 3.05) is 18.5 Å². The maximum Gasteiger partial charge on any atom is 0.292 e. The van der Waals surface area contributed by atoms with Gasteiger partial charge in [0.25, 0.3) is 5.69 Å². The van der Waals surface area contributed by atoms with Crippen LogP contribution in [0, 0.1) is 10.1 Å². The molecule has 2 saturated heterocycles. The Morgan fingerprint density at radius 2 is 1.69 bits per heavy atom. The Kier molecular flexibility index (Phi) is 7.94. The number of nitro benzene ring substituents is 1. The number of nitro groups is 1. The highest BCUT2D eigenvalue weighted by atomic mass is 16.7. The summed E-state index contributed by atoms with van der Waals surface area (Å²) in [5.74, 6) is 0. The number of anilines is 1. The Labute approximate surface area is 181 Å². The minimum Gasteiger partial charge on any atom is -0.394 e. The summed E-state index contributed by atoms with van der Waals surface area (Å²) in [6.45, 7) is -1.34.